The Labute approximate surface area is 249 Å². The lowest BCUT2D eigenvalue weighted by Crippen LogP contribution is -2.44. The van der Waals surface area contributed by atoms with E-state index < -0.39 is 46.4 Å². The summed E-state index contributed by atoms with van der Waals surface area (Å²) in [6, 6.07) is 32.7. The van der Waals surface area contributed by atoms with Crippen LogP contribution in [0.25, 0.3) is 0 Å². The van der Waals surface area contributed by atoms with Crippen molar-refractivity contribution in [2.45, 2.75) is 44.4 Å². The molecule has 214 valence electrons. The molecule has 0 spiro atoms. The number of allylic oxidation sites excluding steroid dienone is 4. The van der Waals surface area contributed by atoms with Crippen molar-refractivity contribution in [1.29, 1.82) is 0 Å². The van der Waals surface area contributed by atoms with Crippen LogP contribution in [0.1, 0.15) is 29.9 Å². The van der Waals surface area contributed by atoms with Gasteiger partial charge in [-0.2, -0.15) is 0 Å². The Balaban J connectivity index is 1.54. The molecular weight excluding hydrogens is 585 g/mol. The van der Waals surface area contributed by atoms with E-state index in [1.54, 1.807) is 36.4 Å². The van der Waals surface area contributed by atoms with Gasteiger partial charge in [-0.1, -0.05) is 102 Å². The quantitative estimate of drug-likeness (QED) is 0.215. The first-order chi connectivity index (χ1) is 20.1. The van der Waals surface area contributed by atoms with Gasteiger partial charge >= 0.3 is 0 Å². The van der Waals surface area contributed by atoms with Gasteiger partial charge in [-0.3, -0.25) is 0 Å². The molecule has 1 unspecified atom stereocenters. The molecule has 6 rings (SSSR count). The third-order valence-corrected chi connectivity index (χ3v) is 15.4. The molecule has 0 aromatic heterocycles. The fourth-order valence-electron chi connectivity index (χ4n) is 6.01. The zero-order valence-electron chi connectivity index (χ0n) is 23.0. The summed E-state index contributed by atoms with van der Waals surface area (Å²) in [6.07, 6.45) is 3.48. The van der Waals surface area contributed by atoms with Crippen LogP contribution >= 0.6 is 0 Å². The highest BCUT2D eigenvalue weighted by molar-refractivity contribution is 8.10. The predicted molar refractivity (Wildman–Crippen MR) is 166 cm³/mol. The number of hydrogen-bond donors (Lipinski definition) is 0. The molecule has 0 saturated heterocycles. The van der Waals surface area contributed by atoms with Gasteiger partial charge in [-0.05, 0) is 55.3 Å². The number of aryl methyl sites for hydroxylation is 1. The highest BCUT2D eigenvalue weighted by Crippen LogP contribution is 2.55. The second-order valence-electron chi connectivity index (χ2n) is 10.8. The summed E-state index contributed by atoms with van der Waals surface area (Å²) in [6.45, 7) is 1.97. The highest BCUT2D eigenvalue weighted by atomic mass is 32.3. The second-order valence-corrected chi connectivity index (χ2v) is 17.1. The Morgan fingerprint density at radius 3 is 1.69 bits per heavy atom. The topological polar surface area (TPSA) is 85.3 Å². The van der Waals surface area contributed by atoms with E-state index in [0.717, 1.165) is 16.7 Å². The summed E-state index contributed by atoms with van der Waals surface area (Å²) in [5, 5.41) is 0. The number of benzene rings is 4. The Morgan fingerprint density at radius 1 is 0.667 bits per heavy atom. The first-order valence-electron chi connectivity index (χ1n) is 13.7. The van der Waals surface area contributed by atoms with Gasteiger partial charge in [0.05, 0.1) is 20.6 Å². The van der Waals surface area contributed by atoms with E-state index >= 15 is 0 Å². The van der Waals surface area contributed by atoms with Crippen LogP contribution in [0.4, 0.5) is 0 Å². The minimum atomic E-state index is -4.38. The summed E-state index contributed by atoms with van der Waals surface area (Å²) in [5.41, 5.74) is 2.69. The first-order valence-corrected chi connectivity index (χ1v) is 17.8. The predicted octanol–water partition coefficient (Wildman–Crippen LogP) is 6.76. The van der Waals surface area contributed by atoms with Crippen molar-refractivity contribution in [3.8, 4) is 0 Å². The van der Waals surface area contributed by atoms with Crippen molar-refractivity contribution in [2.24, 2.45) is 5.92 Å². The molecule has 2 aliphatic rings. The van der Waals surface area contributed by atoms with Crippen LogP contribution < -0.4 is 0 Å². The van der Waals surface area contributed by atoms with Crippen LogP contribution in [0.5, 0.6) is 0 Å². The van der Waals surface area contributed by atoms with E-state index in [0.29, 0.717) is 9.80 Å². The molecule has 0 heterocycles. The van der Waals surface area contributed by atoms with Gasteiger partial charge in [0.25, 0.3) is 0 Å². The van der Waals surface area contributed by atoms with E-state index in [1.165, 1.54) is 24.3 Å². The second kappa shape index (κ2) is 10.9. The maximum atomic E-state index is 14.5. The fraction of sp³-hybridized carbons (Fsp3) is 0.176. The van der Waals surface area contributed by atoms with Gasteiger partial charge < -0.3 is 0 Å². The molecule has 42 heavy (non-hydrogen) atoms. The lowest BCUT2D eigenvalue weighted by Gasteiger charge is -2.29. The van der Waals surface area contributed by atoms with Crippen LogP contribution in [0.15, 0.2) is 153 Å². The van der Waals surface area contributed by atoms with Gasteiger partial charge in [0.1, 0.15) is 0 Å². The first kappa shape index (κ1) is 28.5. The Morgan fingerprint density at radius 2 is 1.17 bits per heavy atom. The molecule has 5 nitrogen and oxygen atoms in total. The normalized spacial score (nSPS) is 20.7. The van der Waals surface area contributed by atoms with Crippen LogP contribution in [-0.4, -0.2) is 25.1 Å². The van der Waals surface area contributed by atoms with Crippen molar-refractivity contribution in [2.75, 3.05) is 0 Å². The highest BCUT2D eigenvalue weighted by Gasteiger charge is 2.61. The lowest BCUT2D eigenvalue weighted by molar-refractivity contribution is 0.534. The molecule has 0 bridgehead atoms. The average Bonchev–Trinajstić information content (AvgIpc) is 3.43. The SMILES string of the molecule is Cc1ccc(S(=O)C2=C[C@@H]3CC(S(=O)(=O)c4ccccc4)(S(=O)(=O)c4ccccc4)CC3=C[C@@H]2c2ccccc2)cc1. The molecular formula is C34H30O5S3. The van der Waals surface area contributed by atoms with Crippen molar-refractivity contribution in [3.05, 3.63) is 149 Å². The van der Waals surface area contributed by atoms with Crippen molar-refractivity contribution < 1.29 is 21.0 Å². The Bertz CT molecular complexity index is 1840. The summed E-state index contributed by atoms with van der Waals surface area (Å²) < 4.78 is 69.7. The Hall–Kier alpha value is -3.59. The van der Waals surface area contributed by atoms with Crippen molar-refractivity contribution in [3.63, 3.8) is 0 Å². The molecule has 3 atom stereocenters. The molecule has 0 amide bonds. The van der Waals surface area contributed by atoms with Crippen molar-refractivity contribution in [1.82, 2.24) is 0 Å². The van der Waals surface area contributed by atoms with E-state index in [2.05, 4.69) is 0 Å². The third-order valence-electron chi connectivity index (χ3n) is 8.23. The van der Waals surface area contributed by atoms with E-state index in [9.17, 15) is 21.0 Å². The smallest absolute Gasteiger partial charge is 0.199 e. The van der Waals surface area contributed by atoms with Crippen molar-refractivity contribution >= 4 is 30.5 Å². The minimum absolute atomic E-state index is 0.0317. The van der Waals surface area contributed by atoms with Crippen LogP contribution in [0, 0.1) is 12.8 Å². The van der Waals surface area contributed by atoms with Crippen LogP contribution in [-0.2, 0) is 30.5 Å². The number of hydrogen-bond acceptors (Lipinski definition) is 5. The maximum Gasteiger partial charge on any atom is 0.199 e. The molecule has 1 saturated carbocycles. The minimum Gasteiger partial charge on any atom is -0.249 e. The van der Waals surface area contributed by atoms with E-state index in [4.69, 9.17) is 0 Å². The summed E-state index contributed by atoms with van der Waals surface area (Å²) >= 11 is 0. The molecule has 2 aliphatic carbocycles. The lowest BCUT2D eigenvalue weighted by atomic mass is 9.86. The molecule has 1 fully saturated rings. The van der Waals surface area contributed by atoms with Crippen LogP contribution in [0.2, 0.25) is 0 Å². The van der Waals surface area contributed by atoms with Gasteiger partial charge in [-0.15, -0.1) is 0 Å². The Kier molecular flexibility index (Phi) is 7.41. The van der Waals surface area contributed by atoms with Gasteiger partial charge in [0.2, 0.25) is 0 Å². The zero-order chi connectivity index (χ0) is 29.5. The molecule has 0 N–H and O–H groups in total. The third kappa shape index (κ3) is 4.71. The number of rotatable bonds is 7. The van der Waals surface area contributed by atoms with E-state index in [-0.39, 0.29) is 22.6 Å². The zero-order valence-corrected chi connectivity index (χ0v) is 25.4. The summed E-state index contributed by atoms with van der Waals surface area (Å²) in [7, 11) is -10.3. The largest absolute Gasteiger partial charge is 0.249 e. The van der Waals surface area contributed by atoms with Gasteiger partial charge in [0.15, 0.2) is 23.8 Å². The maximum absolute atomic E-state index is 14.5. The number of fused-ring (bicyclic) bond motifs is 1. The van der Waals surface area contributed by atoms with Gasteiger partial charge in [-0.25, -0.2) is 21.0 Å². The summed E-state index contributed by atoms with van der Waals surface area (Å²) in [4.78, 5) is 1.21. The monoisotopic (exact) mass is 614 g/mol. The molecule has 8 heteroatoms. The molecule has 4 aromatic carbocycles. The van der Waals surface area contributed by atoms with Crippen LogP contribution in [0.3, 0.4) is 0 Å². The summed E-state index contributed by atoms with van der Waals surface area (Å²) in [5.74, 6) is -0.902. The average molecular weight is 615 g/mol. The number of sulfone groups is 2. The standard InChI is InChI=1S/C34H30O5S3/c1-25-17-19-29(20-18-25)40(35)33-22-28-24-34(41(36,37)30-13-7-3-8-14-30,42(38,39)31-15-9-4-10-16-31)23-27(28)21-32(33)26-11-5-2-6-12-26/h2-22,28,32H,23-24H2,1H3/t28-,32-,40?/m1/s1. The molecule has 4 aromatic rings. The molecule has 0 aliphatic heterocycles. The van der Waals surface area contributed by atoms with E-state index in [1.807, 2.05) is 73.7 Å². The van der Waals surface area contributed by atoms with Gasteiger partial charge in [0, 0.05) is 28.1 Å². The fourth-order valence-corrected chi connectivity index (χ4v) is 12.5. The molecule has 0 radical (unpaired) electrons.